The van der Waals surface area contributed by atoms with E-state index in [1.54, 1.807) is 43.5 Å². The Kier molecular flexibility index (Phi) is 14.2. The van der Waals surface area contributed by atoms with Gasteiger partial charge in [-0.15, -0.1) is 0 Å². The highest BCUT2D eigenvalue weighted by atomic mass is 16.7. The van der Waals surface area contributed by atoms with Crippen molar-refractivity contribution in [2.24, 2.45) is 0 Å². The second-order valence-corrected chi connectivity index (χ2v) is 12.8. The normalized spacial score (nSPS) is 23.3. The third-order valence-corrected chi connectivity index (χ3v) is 9.22. The number of carbonyl (C=O) groups is 2. The maximum Gasteiger partial charge on any atom is 0.202 e. The summed E-state index contributed by atoms with van der Waals surface area (Å²) in [5, 5.41) is 53.1. The molecular weight excluding hydrogens is 692 g/mol. The lowest BCUT2D eigenvalue weighted by molar-refractivity contribution is -0.230. The number of benzene rings is 3. The number of morpholine rings is 1. The van der Waals surface area contributed by atoms with Gasteiger partial charge in [0.1, 0.15) is 23.5 Å². The van der Waals surface area contributed by atoms with E-state index in [-0.39, 0.29) is 84.1 Å². The Bertz CT molecular complexity index is 1700. The maximum absolute atomic E-state index is 13.6. The van der Waals surface area contributed by atoms with Crippen molar-refractivity contribution in [1.29, 1.82) is 0 Å². The van der Waals surface area contributed by atoms with E-state index in [1.165, 1.54) is 13.2 Å². The van der Waals surface area contributed by atoms with Crippen LogP contribution in [0.2, 0.25) is 0 Å². The summed E-state index contributed by atoms with van der Waals surface area (Å²) in [6, 6.07) is 11.8. The molecule has 8 N–H and O–H groups in total. The highest BCUT2D eigenvalue weighted by Gasteiger charge is 2.43. The predicted molar refractivity (Wildman–Crippen MR) is 190 cm³/mol. The van der Waals surface area contributed by atoms with Crippen LogP contribution < -0.4 is 15.8 Å². The summed E-state index contributed by atoms with van der Waals surface area (Å²) in [5.41, 5.74) is 6.92. The molecule has 2 fully saturated rings. The van der Waals surface area contributed by atoms with E-state index in [4.69, 9.17) is 39.6 Å². The van der Waals surface area contributed by atoms with Gasteiger partial charge in [0.2, 0.25) is 5.78 Å². The van der Waals surface area contributed by atoms with Gasteiger partial charge < -0.3 is 59.7 Å². The van der Waals surface area contributed by atoms with Crippen molar-refractivity contribution in [1.82, 2.24) is 5.32 Å². The van der Waals surface area contributed by atoms with Crippen molar-refractivity contribution in [2.75, 3.05) is 59.5 Å². The molecule has 7 rings (SSSR count). The van der Waals surface area contributed by atoms with Crippen LogP contribution in [0.15, 0.2) is 42.5 Å². The number of carbonyl (C=O) groups excluding carboxylic acids is 2. The molecule has 288 valence electrons. The molecule has 0 saturated carbocycles. The van der Waals surface area contributed by atoms with Crippen LogP contribution in [0.5, 0.6) is 17.2 Å². The molecule has 0 spiro atoms. The molecule has 3 aromatic carbocycles. The van der Waals surface area contributed by atoms with Gasteiger partial charge in [0, 0.05) is 55.3 Å². The van der Waals surface area contributed by atoms with Gasteiger partial charge in [-0.25, -0.2) is 0 Å². The largest absolute Gasteiger partial charge is 0.507 e. The average Bonchev–Trinajstić information content (AvgIpc) is 3.17. The number of aromatic hydroxyl groups is 2. The van der Waals surface area contributed by atoms with E-state index in [2.05, 4.69) is 10.1 Å². The first kappa shape index (κ1) is 40.0. The van der Waals surface area contributed by atoms with E-state index in [0.717, 1.165) is 17.8 Å². The minimum absolute atomic E-state index is 0.00774. The van der Waals surface area contributed by atoms with Crippen molar-refractivity contribution < 1.29 is 63.5 Å². The number of aliphatic hydroxyl groups is 3. The van der Waals surface area contributed by atoms with Crippen LogP contribution in [0.25, 0.3) is 0 Å². The number of fused-ring (bicyclic) bond motifs is 3. The molecule has 0 aromatic heterocycles. The number of nitrogens with one attached hydrogen (secondary N) is 1. The van der Waals surface area contributed by atoms with Gasteiger partial charge in [0.15, 0.2) is 12.1 Å². The first-order chi connectivity index (χ1) is 25.6. The van der Waals surface area contributed by atoms with Gasteiger partial charge in [-0.1, -0.05) is 24.3 Å². The van der Waals surface area contributed by atoms with Crippen LogP contribution in [0.3, 0.4) is 0 Å². The van der Waals surface area contributed by atoms with E-state index < -0.39 is 41.6 Å². The topological polar surface area (TPSA) is 229 Å². The summed E-state index contributed by atoms with van der Waals surface area (Å²) in [7, 11) is 2.94. The third kappa shape index (κ3) is 9.32. The Hall–Kier alpha value is -4.16. The molecule has 15 nitrogen and oxygen atoms in total. The van der Waals surface area contributed by atoms with Crippen molar-refractivity contribution in [3.8, 4) is 17.2 Å². The summed E-state index contributed by atoms with van der Waals surface area (Å²) in [6.07, 6.45) is -1.50. The second kappa shape index (κ2) is 18.7. The minimum Gasteiger partial charge on any atom is -0.507 e. The molecule has 15 heteroatoms. The molecule has 0 bridgehead atoms. The number of phenolic OH excluding ortho intramolecular Hbond substituents is 2. The van der Waals surface area contributed by atoms with Gasteiger partial charge >= 0.3 is 0 Å². The third-order valence-electron chi connectivity index (χ3n) is 9.22. The molecule has 3 aromatic rings. The lowest BCUT2D eigenvalue weighted by atomic mass is 9.76. The van der Waals surface area contributed by atoms with Crippen molar-refractivity contribution in [2.45, 2.75) is 63.1 Å². The van der Waals surface area contributed by atoms with Crippen molar-refractivity contribution in [3.63, 3.8) is 0 Å². The van der Waals surface area contributed by atoms with Gasteiger partial charge in [-0.3, -0.25) is 14.9 Å². The van der Waals surface area contributed by atoms with Gasteiger partial charge in [-0.05, 0) is 30.2 Å². The second-order valence-electron chi connectivity index (χ2n) is 12.8. The molecule has 4 aliphatic rings. The number of ether oxygens (including phenoxy) is 6. The monoisotopic (exact) mass is 740 g/mol. The van der Waals surface area contributed by atoms with E-state index in [1.807, 2.05) is 0 Å². The zero-order valence-electron chi connectivity index (χ0n) is 29.8. The summed E-state index contributed by atoms with van der Waals surface area (Å²) >= 11 is 0. The quantitative estimate of drug-likeness (QED) is 0.101. The predicted octanol–water partition coefficient (Wildman–Crippen LogP) is 2.10. The van der Waals surface area contributed by atoms with Crippen LogP contribution in [0.1, 0.15) is 73.9 Å². The first-order valence-corrected chi connectivity index (χ1v) is 17.4. The molecular formula is C38H48N2O13. The van der Waals surface area contributed by atoms with Gasteiger partial charge in [-0.2, -0.15) is 0 Å². The fraction of sp³-hybridized carbons (Fsp3) is 0.474. The zero-order valence-corrected chi connectivity index (χ0v) is 29.8. The number of phenols is 2. The number of methoxy groups -OCH3 is 2. The van der Waals surface area contributed by atoms with Gasteiger partial charge in [0.25, 0.3) is 0 Å². The number of rotatable bonds is 8. The number of anilines is 1. The number of nitrogen functional groups attached to an aromatic ring is 1. The standard InChI is InChI=1S/C28H31NO10.C7H9NO.C3H8O2/c1-35-17-4-2-3-15-21(17)27(33)24-23(25(15)31)26(32)16-9-13(30)10-18(22(16)28(24)34)39-20-6-5-14(11-37-20)38-19-12-36-8-7-29-19;8-7-3-1-6(5-9)2-4-7;1-5-3-2-4/h2-4,13-14,18-20,29-30,32,34H,5-12H2,1H3;1-4,9H,5,8H2;4H,2-3H2,1H3/t13-,14-,18?,19?,20-;;/m0../s1. The highest BCUT2D eigenvalue weighted by Crippen LogP contribution is 2.50. The smallest absolute Gasteiger partial charge is 0.202 e. The Balaban J connectivity index is 0.000000326. The SMILES string of the molecule is COCCO.COc1cccc2c1C(=O)c1c(O)c3c(c(O)c1C2=O)C[C@H](O)CC3O[C@H]1CC[C@H](OC2COCCN2)CO1.Nc1ccc(CO)cc1. The Morgan fingerprint density at radius 2 is 1.68 bits per heavy atom. The molecule has 2 unspecified atom stereocenters. The molecule has 2 aliphatic heterocycles. The molecule has 2 heterocycles. The van der Waals surface area contributed by atoms with Crippen LogP contribution in [-0.4, -0.2) is 116 Å². The zero-order chi connectivity index (χ0) is 38.1. The number of aliphatic hydroxyl groups excluding tert-OH is 3. The van der Waals surface area contributed by atoms with Crippen LogP contribution in [0.4, 0.5) is 5.69 Å². The van der Waals surface area contributed by atoms with Gasteiger partial charge in [0.05, 0.1) is 81.8 Å². The summed E-state index contributed by atoms with van der Waals surface area (Å²) in [5.74, 6) is -1.92. The number of hydrogen-bond acceptors (Lipinski definition) is 15. The highest BCUT2D eigenvalue weighted by molar-refractivity contribution is 6.31. The number of nitrogens with two attached hydrogens (primary N) is 1. The van der Waals surface area contributed by atoms with Crippen molar-refractivity contribution >= 4 is 17.3 Å². The minimum atomic E-state index is -0.898. The van der Waals surface area contributed by atoms with Crippen LogP contribution in [0, 0.1) is 0 Å². The summed E-state index contributed by atoms with van der Waals surface area (Å²) < 4.78 is 33.3. The Labute approximate surface area is 307 Å². The Morgan fingerprint density at radius 3 is 2.28 bits per heavy atom. The molecule has 5 atom stereocenters. The average molecular weight is 741 g/mol. The van der Waals surface area contributed by atoms with E-state index in [9.17, 15) is 24.9 Å². The fourth-order valence-electron chi connectivity index (χ4n) is 6.66. The molecule has 2 saturated heterocycles. The first-order valence-electron chi connectivity index (χ1n) is 17.4. The number of hydrogen-bond donors (Lipinski definition) is 7. The van der Waals surface area contributed by atoms with Crippen LogP contribution in [-0.2, 0) is 36.7 Å². The lowest BCUT2D eigenvalue weighted by Gasteiger charge is -2.37. The molecule has 0 radical (unpaired) electrons. The van der Waals surface area contributed by atoms with E-state index in [0.29, 0.717) is 32.7 Å². The summed E-state index contributed by atoms with van der Waals surface area (Å²) in [4.78, 5) is 27.0. The Morgan fingerprint density at radius 1 is 0.925 bits per heavy atom. The summed E-state index contributed by atoms with van der Waals surface area (Å²) in [6.45, 7) is 2.78. The van der Waals surface area contributed by atoms with E-state index >= 15 is 0 Å². The van der Waals surface area contributed by atoms with Crippen molar-refractivity contribution in [3.05, 3.63) is 81.4 Å². The van der Waals surface area contributed by atoms with Crippen LogP contribution >= 0.6 is 0 Å². The number of ketones is 2. The fourth-order valence-corrected chi connectivity index (χ4v) is 6.66. The maximum atomic E-state index is 13.6. The molecule has 53 heavy (non-hydrogen) atoms. The molecule has 0 amide bonds. The lowest BCUT2D eigenvalue weighted by Crippen LogP contribution is -2.47. The molecule has 2 aliphatic carbocycles.